The van der Waals surface area contributed by atoms with Crippen molar-refractivity contribution in [3.05, 3.63) is 0 Å². The average molecular weight is 250 g/mol. The first-order valence-electron chi connectivity index (χ1n) is 2.11. The molecule has 0 N–H and O–H groups in total. The molecule has 0 amide bonds. The number of quaternary nitrogens is 1. The van der Waals surface area contributed by atoms with Crippen molar-refractivity contribution in [2.24, 2.45) is 0 Å². The molecule has 5 nitrogen and oxygen atoms in total. The number of nitrogens with zero attached hydrogens (tertiary/aromatic N) is 1. The highest BCUT2D eigenvalue weighted by atomic mass is 127. The van der Waals surface area contributed by atoms with Gasteiger partial charge in [0.05, 0.1) is 0 Å². The van der Waals surface area contributed by atoms with Crippen molar-refractivity contribution in [1.82, 2.24) is 0 Å². The molecule has 0 saturated carbocycles. The van der Waals surface area contributed by atoms with E-state index in [4.69, 9.17) is 0 Å². The summed E-state index contributed by atoms with van der Waals surface area (Å²) in [5, 5.41) is -0.736. The van der Waals surface area contributed by atoms with Crippen LogP contribution in [0.25, 0.3) is 0 Å². The Balaban J connectivity index is 3.82. The molecule has 0 bridgehead atoms. The van der Waals surface area contributed by atoms with E-state index in [1.807, 2.05) is 0 Å². The van der Waals surface area contributed by atoms with Gasteiger partial charge in [0.15, 0.2) is 0 Å². The molecule has 9 heavy (non-hydrogen) atoms. The lowest BCUT2D eigenvalue weighted by Crippen LogP contribution is -2.41. The number of hydrogen-bond donors (Lipinski definition) is 0. The topological polar surface area (TPSA) is 36.9 Å². The van der Waals surface area contributed by atoms with Gasteiger partial charge in [0.2, 0.25) is 23.0 Å². The summed E-state index contributed by atoms with van der Waals surface area (Å²) in [7, 11) is 4.18. The van der Waals surface area contributed by atoms with Crippen molar-refractivity contribution in [2.75, 3.05) is 21.3 Å². The van der Waals surface area contributed by atoms with Crippen LogP contribution < -0.4 is 0 Å². The van der Waals surface area contributed by atoms with Crippen molar-refractivity contribution in [1.29, 1.82) is 0 Å². The molecule has 0 rings (SSSR count). The number of halogens is 1. The third-order valence-electron chi connectivity index (χ3n) is 0.755. The molecule has 0 heterocycles. The van der Waals surface area contributed by atoms with Gasteiger partial charge in [-0.3, -0.25) is 0 Å². The van der Waals surface area contributed by atoms with Crippen molar-refractivity contribution >= 4 is 23.0 Å². The first kappa shape index (κ1) is 9.53. The van der Waals surface area contributed by atoms with E-state index in [0.29, 0.717) is 0 Å². The Morgan fingerprint density at radius 1 is 1.00 bits per heavy atom. The van der Waals surface area contributed by atoms with E-state index in [0.717, 1.165) is 0 Å². The molecule has 0 fully saturated rings. The summed E-state index contributed by atoms with van der Waals surface area (Å²) < 4.78 is 4.63. The minimum absolute atomic E-state index is 0.736. The minimum Gasteiger partial charge on any atom is -0.0991 e. The minimum atomic E-state index is -0.736. The molecule has 0 saturated heterocycles. The third-order valence-corrected chi connectivity index (χ3v) is 1.24. The molecule has 6 heteroatoms. The lowest BCUT2D eigenvalue weighted by molar-refractivity contribution is -1.45. The second kappa shape index (κ2) is 4.36. The first-order chi connectivity index (χ1) is 4.24. The molecule has 0 aromatic rings. The summed E-state index contributed by atoms with van der Waals surface area (Å²) in [6.07, 6.45) is 0. The second-order valence-electron chi connectivity index (χ2n) is 1.06. The van der Waals surface area contributed by atoms with Crippen LogP contribution in [0.5, 0.6) is 0 Å². The highest BCUT2D eigenvalue weighted by molar-refractivity contribution is 14.1. The van der Waals surface area contributed by atoms with Crippen LogP contribution in [0.1, 0.15) is 0 Å². The Labute approximate surface area is 67.5 Å². The Hall–Kier alpha value is 0.530. The summed E-state index contributed by atoms with van der Waals surface area (Å²) in [6, 6.07) is 0. The van der Waals surface area contributed by atoms with E-state index in [2.05, 4.69) is 17.7 Å². The van der Waals surface area contributed by atoms with Gasteiger partial charge in [-0.1, -0.05) is 14.5 Å². The van der Waals surface area contributed by atoms with Crippen LogP contribution in [0.4, 0.5) is 0 Å². The van der Waals surface area contributed by atoms with Crippen molar-refractivity contribution in [3.63, 3.8) is 0 Å². The van der Waals surface area contributed by atoms with Gasteiger partial charge in [-0.2, -0.15) is 0 Å². The molecule has 0 unspecified atom stereocenters. The zero-order valence-electron chi connectivity index (χ0n) is 5.46. The second-order valence-corrected chi connectivity index (χ2v) is 1.46. The zero-order valence-corrected chi connectivity index (χ0v) is 7.62. The van der Waals surface area contributed by atoms with Crippen molar-refractivity contribution in [2.45, 2.75) is 0 Å². The molecule has 0 atom stereocenters. The zero-order chi connectivity index (χ0) is 7.33. The normalized spacial score (nSPS) is 12.0. The van der Waals surface area contributed by atoms with Crippen LogP contribution in [0, 0.1) is 0 Å². The quantitative estimate of drug-likeness (QED) is 0.419. The van der Waals surface area contributed by atoms with Crippen LogP contribution >= 0.6 is 23.0 Å². The van der Waals surface area contributed by atoms with Gasteiger partial charge in [-0.05, 0) is 3.17 Å². The van der Waals surface area contributed by atoms with E-state index < -0.39 is 5.14 Å². The largest absolute Gasteiger partial charge is 0.256 e. The molecule has 56 valence electrons. The van der Waals surface area contributed by atoms with Gasteiger partial charge in [0.25, 0.3) is 5.14 Å². The van der Waals surface area contributed by atoms with Crippen LogP contribution in [0.15, 0.2) is 0 Å². The molecule has 0 aliphatic rings. The van der Waals surface area contributed by atoms with E-state index >= 15 is 0 Å². The highest BCUT2D eigenvalue weighted by Gasteiger charge is 2.32. The van der Waals surface area contributed by atoms with Gasteiger partial charge in [-0.25, -0.2) is 0 Å². The summed E-state index contributed by atoms with van der Waals surface area (Å²) >= 11 is 1.60. The van der Waals surface area contributed by atoms with E-state index in [1.54, 1.807) is 23.0 Å². The molecule has 0 aliphatic heterocycles. The fourth-order valence-corrected chi connectivity index (χ4v) is 0.791. The molecule has 0 aliphatic carbocycles. The SMILES string of the molecule is CO[N+](OC)(OC)OI. The maximum absolute atomic E-state index is 4.65. The van der Waals surface area contributed by atoms with Crippen LogP contribution in [0.2, 0.25) is 0 Å². The Kier molecular flexibility index (Phi) is 4.62. The molecule has 0 spiro atoms. The van der Waals surface area contributed by atoms with Gasteiger partial charge < -0.3 is 0 Å². The Morgan fingerprint density at radius 2 is 1.33 bits per heavy atom. The predicted octanol–water partition coefficient (Wildman–Crippen LogP) is 0.769. The standard InChI is InChI=1S/C3H9INO4/c1-6-5(7-2,8-3)9-4/h1-3H3/q+1. The van der Waals surface area contributed by atoms with Crippen molar-refractivity contribution < 1.29 is 22.8 Å². The maximum Gasteiger partial charge on any atom is 0.256 e. The average Bonchev–Trinajstić information content (AvgIpc) is 1.95. The Bertz CT molecular complexity index is 58.7. The van der Waals surface area contributed by atoms with Gasteiger partial charge in [0.1, 0.15) is 21.3 Å². The predicted molar refractivity (Wildman–Crippen MR) is 36.4 cm³/mol. The highest BCUT2D eigenvalue weighted by Crippen LogP contribution is 2.12. The summed E-state index contributed by atoms with van der Waals surface area (Å²) in [6.45, 7) is 0. The number of rotatable bonds is 4. The van der Waals surface area contributed by atoms with Gasteiger partial charge >= 0.3 is 0 Å². The van der Waals surface area contributed by atoms with Crippen LogP contribution in [-0.4, -0.2) is 26.5 Å². The van der Waals surface area contributed by atoms with Crippen LogP contribution in [-0.2, 0) is 17.7 Å². The van der Waals surface area contributed by atoms with Gasteiger partial charge in [0, 0.05) is 0 Å². The van der Waals surface area contributed by atoms with Crippen molar-refractivity contribution in [3.8, 4) is 0 Å². The van der Waals surface area contributed by atoms with E-state index in [-0.39, 0.29) is 0 Å². The summed E-state index contributed by atoms with van der Waals surface area (Å²) in [5.74, 6) is 0. The third kappa shape index (κ3) is 2.32. The fourth-order valence-electron chi connectivity index (χ4n) is 0.308. The van der Waals surface area contributed by atoms with E-state index in [9.17, 15) is 0 Å². The summed E-state index contributed by atoms with van der Waals surface area (Å²) in [4.78, 5) is 13.9. The molecule has 0 aromatic heterocycles. The lowest BCUT2D eigenvalue weighted by atomic mass is 11.7. The van der Waals surface area contributed by atoms with E-state index in [1.165, 1.54) is 21.3 Å². The first-order valence-corrected chi connectivity index (χ1v) is 2.99. The number of hydrogen-bond acceptors (Lipinski definition) is 4. The fraction of sp³-hybridized carbons (Fsp3) is 1.00. The molecule has 0 aromatic carbocycles. The maximum atomic E-state index is 4.65. The van der Waals surface area contributed by atoms with Gasteiger partial charge in [-0.15, -0.1) is 0 Å². The molecular formula is C3H9INO4+. The smallest absolute Gasteiger partial charge is 0.0991 e. The van der Waals surface area contributed by atoms with Crippen LogP contribution in [0.3, 0.4) is 0 Å². The molecular weight excluding hydrogens is 241 g/mol. The summed E-state index contributed by atoms with van der Waals surface area (Å²) in [5.41, 5.74) is 0. The molecule has 0 radical (unpaired) electrons. The monoisotopic (exact) mass is 250 g/mol. The Morgan fingerprint density at radius 3 is 1.33 bits per heavy atom. The lowest BCUT2D eigenvalue weighted by Gasteiger charge is -2.17.